The van der Waals surface area contributed by atoms with Gasteiger partial charge in [0, 0.05) is 51.5 Å². The Morgan fingerprint density at radius 2 is 1.88 bits per heavy atom. The highest BCUT2D eigenvalue weighted by molar-refractivity contribution is 14.0. The van der Waals surface area contributed by atoms with Gasteiger partial charge in [0.2, 0.25) is 0 Å². The van der Waals surface area contributed by atoms with E-state index in [0.717, 1.165) is 31.0 Å². The molecule has 1 N–H and O–H groups in total. The van der Waals surface area contributed by atoms with Crippen LogP contribution in [-0.4, -0.2) is 72.0 Å². The Kier molecular flexibility index (Phi) is 9.06. The van der Waals surface area contributed by atoms with E-state index in [1.165, 1.54) is 18.4 Å². The third kappa shape index (κ3) is 6.67. The Hall–Kier alpha value is -2.67. The van der Waals surface area contributed by atoms with Gasteiger partial charge in [-0.15, -0.1) is 24.0 Å². The first-order valence-corrected chi connectivity index (χ1v) is 10.8. The first-order chi connectivity index (χ1) is 15.6. The Morgan fingerprint density at radius 3 is 2.48 bits per heavy atom. The first-order valence-electron chi connectivity index (χ1n) is 10.8. The lowest BCUT2D eigenvalue weighted by molar-refractivity contribution is -0.384. The first kappa shape index (κ1) is 25.0. The molecule has 0 saturated carbocycles. The van der Waals surface area contributed by atoms with Gasteiger partial charge in [0.1, 0.15) is 0 Å². The van der Waals surface area contributed by atoms with Gasteiger partial charge in [0.15, 0.2) is 11.7 Å². The van der Waals surface area contributed by atoms with Crippen LogP contribution in [0, 0.1) is 10.1 Å². The van der Waals surface area contributed by atoms with Gasteiger partial charge >= 0.3 is 0 Å². The van der Waals surface area contributed by atoms with E-state index in [9.17, 15) is 14.9 Å². The number of ether oxygens (including phenoxy) is 1. The Balaban J connectivity index is 0.00000306. The largest absolute Gasteiger partial charge is 0.459 e. The third-order valence-corrected chi connectivity index (χ3v) is 5.67. The normalized spacial score (nSPS) is 18.7. The summed E-state index contributed by atoms with van der Waals surface area (Å²) in [7, 11) is 0. The Labute approximate surface area is 209 Å². The van der Waals surface area contributed by atoms with Crippen LogP contribution in [-0.2, 0) is 11.3 Å². The SMILES string of the molecule is I.O=C(c1ccco1)N1CCN(C(=NCc2ccc([N+](=O)[O-])cc2)NCC2CCCO2)CC1. The molecule has 0 bridgehead atoms. The molecule has 1 aromatic heterocycles. The topological polar surface area (TPSA) is 113 Å². The molecule has 4 rings (SSSR count). The number of rotatable bonds is 6. The summed E-state index contributed by atoms with van der Waals surface area (Å²) in [6.45, 7) is 4.28. The van der Waals surface area contributed by atoms with Crippen LogP contribution >= 0.6 is 24.0 Å². The van der Waals surface area contributed by atoms with Gasteiger partial charge in [-0.2, -0.15) is 0 Å². The Bertz CT molecular complexity index is 937. The van der Waals surface area contributed by atoms with Crippen LogP contribution in [0.2, 0.25) is 0 Å². The summed E-state index contributed by atoms with van der Waals surface area (Å²) in [5.41, 5.74) is 0.949. The number of carbonyl (C=O) groups is 1. The van der Waals surface area contributed by atoms with Gasteiger partial charge in [0.25, 0.3) is 11.6 Å². The summed E-state index contributed by atoms with van der Waals surface area (Å²) < 4.78 is 10.9. The summed E-state index contributed by atoms with van der Waals surface area (Å²) in [4.78, 5) is 31.6. The molecular weight excluding hydrogens is 541 g/mol. The number of benzene rings is 1. The van der Waals surface area contributed by atoms with Crippen molar-refractivity contribution in [2.75, 3.05) is 39.3 Å². The maximum Gasteiger partial charge on any atom is 0.289 e. The monoisotopic (exact) mass is 569 g/mol. The van der Waals surface area contributed by atoms with Gasteiger partial charge in [-0.1, -0.05) is 12.1 Å². The highest BCUT2D eigenvalue weighted by atomic mass is 127. The van der Waals surface area contributed by atoms with E-state index in [1.807, 2.05) is 0 Å². The summed E-state index contributed by atoms with van der Waals surface area (Å²) in [5, 5.41) is 14.3. The molecule has 11 heteroatoms. The van der Waals surface area contributed by atoms with Crippen molar-refractivity contribution in [2.24, 2.45) is 4.99 Å². The van der Waals surface area contributed by atoms with Crippen molar-refractivity contribution in [1.29, 1.82) is 0 Å². The molecule has 3 heterocycles. The van der Waals surface area contributed by atoms with Crippen molar-refractivity contribution in [3.8, 4) is 0 Å². The number of nitrogens with one attached hydrogen (secondary N) is 1. The molecule has 2 saturated heterocycles. The number of halogens is 1. The van der Waals surface area contributed by atoms with E-state index < -0.39 is 4.92 Å². The quantitative estimate of drug-likeness (QED) is 0.187. The summed E-state index contributed by atoms with van der Waals surface area (Å²) >= 11 is 0. The number of nitro groups is 1. The number of hydrogen-bond donors (Lipinski definition) is 1. The van der Waals surface area contributed by atoms with Crippen molar-refractivity contribution in [2.45, 2.75) is 25.5 Å². The maximum atomic E-state index is 12.5. The van der Waals surface area contributed by atoms with E-state index in [0.29, 0.717) is 45.0 Å². The summed E-state index contributed by atoms with van der Waals surface area (Å²) in [6.07, 6.45) is 3.76. The zero-order valence-corrected chi connectivity index (χ0v) is 20.6. The molecular formula is C22H28IN5O5. The van der Waals surface area contributed by atoms with E-state index in [1.54, 1.807) is 29.2 Å². The highest BCUT2D eigenvalue weighted by Crippen LogP contribution is 2.14. The molecule has 2 aliphatic rings. The third-order valence-electron chi connectivity index (χ3n) is 5.67. The molecule has 1 aromatic carbocycles. The zero-order chi connectivity index (χ0) is 22.3. The number of furan rings is 1. The predicted octanol–water partition coefficient (Wildman–Crippen LogP) is 2.89. The fourth-order valence-electron chi connectivity index (χ4n) is 3.84. The van der Waals surface area contributed by atoms with Crippen LogP contribution in [0.25, 0.3) is 0 Å². The number of nitro benzene ring substituents is 1. The van der Waals surface area contributed by atoms with Crippen molar-refractivity contribution >= 4 is 41.5 Å². The number of guanidine groups is 1. The lowest BCUT2D eigenvalue weighted by Gasteiger charge is -2.36. The second kappa shape index (κ2) is 12.0. The number of nitrogens with zero attached hydrogens (tertiary/aromatic N) is 4. The lowest BCUT2D eigenvalue weighted by atomic mass is 10.2. The lowest BCUT2D eigenvalue weighted by Crippen LogP contribution is -2.54. The fraction of sp³-hybridized carbons (Fsp3) is 0.455. The Morgan fingerprint density at radius 1 is 1.15 bits per heavy atom. The molecule has 10 nitrogen and oxygen atoms in total. The van der Waals surface area contributed by atoms with Crippen LogP contribution in [0.5, 0.6) is 0 Å². The second-order valence-corrected chi connectivity index (χ2v) is 7.84. The van der Waals surface area contributed by atoms with Crippen LogP contribution in [0.4, 0.5) is 5.69 Å². The number of piperazine rings is 1. The smallest absolute Gasteiger partial charge is 0.289 e. The molecule has 2 aliphatic heterocycles. The molecule has 2 fully saturated rings. The van der Waals surface area contributed by atoms with E-state index >= 15 is 0 Å². The van der Waals surface area contributed by atoms with Gasteiger partial charge in [-0.25, -0.2) is 4.99 Å². The fourth-order valence-corrected chi connectivity index (χ4v) is 3.84. The molecule has 2 aromatic rings. The van der Waals surface area contributed by atoms with Gasteiger partial charge < -0.3 is 24.3 Å². The maximum absolute atomic E-state index is 12.5. The average molecular weight is 569 g/mol. The minimum Gasteiger partial charge on any atom is -0.459 e. The standard InChI is InChI=1S/C22H27N5O5.HI/c28-21(20-4-2-14-32-20)25-9-11-26(12-10-25)22(24-16-19-3-1-13-31-19)23-15-17-5-7-18(8-6-17)27(29)30;/h2,4-8,14,19H,1,3,9-13,15-16H2,(H,23,24);1H. The average Bonchev–Trinajstić information content (AvgIpc) is 3.54. The van der Waals surface area contributed by atoms with Gasteiger partial charge in [-0.3, -0.25) is 14.9 Å². The van der Waals surface area contributed by atoms with Crippen LogP contribution in [0.15, 0.2) is 52.1 Å². The number of amides is 1. The molecule has 0 radical (unpaired) electrons. The minimum absolute atomic E-state index is 0. The minimum atomic E-state index is -0.412. The molecule has 33 heavy (non-hydrogen) atoms. The molecule has 178 valence electrons. The second-order valence-electron chi connectivity index (χ2n) is 7.84. The molecule has 1 atom stereocenters. The predicted molar refractivity (Wildman–Crippen MR) is 133 cm³/mol. The van der Waals surface area contributed by atoms with Crippen LogP contribution in [0.3, 0.4) is 0 Å². The van der Waals surface area contributed by atoms with Crippen molar-refractivity contribution in [3.63, 3.8) is 0 Å². The molecule has 0 aliphatic carbocycles. The van der Waals surface area contributed by atoms with Crippen molar-refractivity contribution < 1.29 is 18.9 Å². The number of hydrogen-bond acceptors (Lipinski definition) is 6. The summed E-state index contributed by atoms with van der Waals surface area (Å²) in [5.74, 6) is 0.998. The van der Waals surface area contributed by atoms with Crippen molar-refractivity contribution in [1.82, 2.24) is 15.1 Å². The zero-order valence-electron chi connectivity index (χ0n) is 18.2. The van der Waals surface area contributed by atoms with Crippen molar-refractivity contribution in [3.05, 3.63) is 64.1 Å². The van der Waals surface area contributed by atoms with E-state index in [2.05, 4.69) is 10.2 Å². The van der Waals surface area contributed by atoms with Crippen LogP contribution in [0.1, 0.15) is 29.0 Å². The van der Waals surface area contributed by atoms with E-state index in [-0.39, 0.29) is 41.7 Å². The molecule has 1 unspecified atom stereocenters. The summed E-state index contributed by atoms with van der Waals surface area (Å²) in [6, 6.07) is 9.81. The number of aliphatic imine (C=N–C) groups is 1. The van der Waals surface area contributed by atoms with Crippen LogP contribution < -0.4 is 5.32 Å². The van der Waals surface area contributed by atoms with E-state index in [4.69, 9.17) is 14.1 Å². The van der Waals surface area contributed by atoms with Gasteiger partial charge in [0.05, 0.1) is 23.8 Å². The molecule has 1 amide bonds. The number of non-ortho nitro benzene ring substituents is 1. The molecule has 0 spiro atoms. The highest BCUT2D eigenvalue weighted by Gasteiger charge is 2.26. The van der Waals surface area contributed by atoms with Gasteiger partial charge in [-0.05, 0) is 30.5 Å². The number of carbonyl (C=O) groups excluding carboxylic acids is 1.